The minimum Gasteiger partial charge on any atom is -0.465 e. The molecule has 3 amide bonds. The van der Waals surface area contributed by atoms with Gasteiger partial charge in [0.05, 0.1) is 0 Å². The van der Waals surface area contributed by atoms with Crippen molar-refractivity contribution in [3.05, 3.63) is 59.7 Å². The Morgan fingerprint density at radius 1 is 0.875 bits per heavy atom. The number of piperidine rings is 1. The van der Waals surface area contributed by atoms with Crippen molar-refractivity contribution in [1.29, 1.82) is 0 Å². The van der Waals surface area contributed by atoms with Gasteiger partial charge in [0.2, 0.25) is 0 Å². The Bertz CT molecular complexity index is 975. The third-order valence-corrected chi connectivity index (χ3v) is 6.25. The Labute approximate surface area is 188 Å². The molecule has 2 N–H and O–H groups in total. The van der Waals surface area contributed by atoms with Crippen molar-refractivity contribution in [2.45, 2.75) is 44.7 Å². The molecule has 0 bridgehead atoms. The first-order valence-corrected chi connectivity index (χ1v) is 11.3. The summed E-state index contributed by atoms with van der Waals surface area (Å²) in [6.07, 6.45) is 2.51. The maximum Gasteiger partial charge on any atom is 0.407 e. The van der Waals surface area contributed by atoms with Crippen LogP contribution in [0.2, 0.25) is 0 Å². The summed E-state index contributed by atoms with van der Waals surface area (Å²) in [7, 11) is 0. The molecule has 168 valence electrons. The van der Waals surface area contributed by atoms with Gasteiger partial charge in [-0.15, -0.1) is 0 Å². The molecule has 0 spiro atoms. The number of amides is 3. The molecule has 7 nitrogen and oxygen atoms in total. The SMILES string of the molecule is CCNC(=O)c1ccc(-c2ccc(C(=O)N(C3CC3)C3CCN(C(=O)O)CC3)cc2)cc1. The second-order valence-electron chi connectivity index (χ2n) is 8.46. The third-order valence-electron chi connectivity index (χ3n) is 6.25. The summed E-state index contributed by atoms with van der Waals surface area (Å²) >= 11 is 0. The summed E-state index contributed by atoms with van der Waals surface area (Å²) < 4.78 is 0. The smallest absolute Gasteiger partial charge is 0.407 e. The second kappa shape index (κ2) is 9.42. The highest BCUT2D eigenvalue weighted by Gasteiger charge is 2.39. The predicted octanol–water partition coefficient (Wildman–Crippen LogP) is 3.85. The molecule has 0 aromatic heterocycles. The van der Waals surface area contributed by atoms with Crippen molar-refractivity contribution in [2.24, 2.45) is 0 Å². The van der Waals surface area contributed by atoms with Crippen LogP contribution in [-0.2, 0) is 0 Å². The largest absolute Gasteiger partial charge is 0.465 e. The monoisotopic (exact) mass is 435 g/mol. The van der Waals surface area contributed by atoms with Crippen LogP contribution in [0.25, 0.3) is 11.1 Å². The Morgan fingerprint density at radius 3 is 1.84 bits per heavy atom. The third kappa shape index (κ3) is 4.77. The molecule has 1 heterocycles. The maximum atomic E-state index is 13.3. The highest BCUT2D eigenvalue weighted by Crippen LogP contribution is 2.33. The van der Waals surface area contributed by atoms with Gasteiger partial charge in [0.15, 0.2) is 0 Å². The Morgan fingerprint density at radius 2 is 1.38 bits per heavy atom. The van der Waals surface area contributed by atoms with Crippen molar-refractivity contribution < 1.29 is 19.5 Å². The number of nitrogens with zero attached hydrogens (tertiary/aromatic N) is 2. The van der Waals surface area contributed by atoms with E-state index in [2.05, 4.69) is 5.32 Å². The average Bonchev–Trinajstić information content (AvgIpc) is 3.65. The minimum atomic E-state index is -0.887. The molecule has 0 atom stereocenters. The lowest BCUT2D eigenvalue weighted by atomic mass is 10.00. The van der Waals surface area contributed by atoms with Gasteiger partial charge in [-0.1, -0.05) is 24.3 Å². The topological polar surface area (TPSA) is 90.0 Å². The van der Waals surface area contributed by atoms with E-state index >= 15 is 0 Å². The van der Waals surface area contributed by atoms with Crippen LogP contribution in [0, 0.1) is 0 Å². The van der Waals surface area contributed by atoms with Crippen molar-refractivity contribution in [3.8, 4) is 11.1 Å². The summed E-state index contributed by atoms with van der Waals surface area (Å²) in [6.45, 7) is 3.43. The van der Waals surface area contributed by atoms with Crippen molar-refractivity contribution in [1.82, 2.24) is 15.1 Å². The van der Waals surface area contributed by atoms with Gasteiger partial charge < -0.3 is 20.2 Å². The number of likely N-dealkylation sites (tertiary alicyclic amines) is 1. The summed E-state index contributed by atoms with van der Waals surface area (Å²) in [5, 5.41) is 12.0. The van der Waals surface area contributed by atoms with E-state index in [1.165, 1.54) is 4.90 Å². The molecule has 1 saturated carbocycles. The lowest BCUT2D eigenvalue weighted by Crippen LogP contribution is -2.49. The second-order valence-corrected chi connectivity index (χ2v) is 8.46. The van der Waals surface area contributed by atoms with Crippen LogP contribution in [0.1, 0.15) is 53.3 Å². The predicted molar refractivity (Wildman–Crippen MR) is 122 cm³/mol. The molecule has 1 aliphatic carbocycles. The van der Waals surface area contributed by atoms with Gasteiger partial charge in [-0.3, -0.25) is 9.59 Å². The zero-order valence-corrected chi connectivity index (χ0v) is 18.3. The fourth-order valence-corrected chi connectivity index (χ4v) is 4.35. The van der Waals surface area contributed by atoms with Crippen molar-refractivity contribution in [3.63, 3.8) is 0 Å². The lowest BCUT2D eigenvalue weighted by Gasteiger charge is -2.38. The van der Waals surface area contributed by atoms with Gasteiger partial charge in [0.1, 0.15) is 0 Å². The standard InChI is InChI=1S/C25H29N3O4/c1-2-26-23(29)19-7-3-17(4-8-19)18-5-9-20(10-6-18)24(30)28(21-11-12-21)22-13-15-27(16-14-22)25(31)32/h3-10,21-22H,2,11-16H2,1H3,(H,26,29)(H,31,32). The highest BCUT2D eigenvalue weighted by molar-refractivity contribution is 5.96. The van der Waals surface area contributed by atoms with E-state index in [1.807, 2.05) is 48.2 Å². The van der Waals surface area contributed by atoms with Gasteiger partial charge in [-0.2, -0.15) is 0 Å². The quantitative estimate of drug-likeness (QED) is 0.721. The molecule has 4 rings (SSSR count). The molecule has 2 aromatic rings. The van der Waals surface area contributed by atoms with Crippen LogP contribution < -0.4 is 5.32 Å². The molecular weight excluding hydrogens is 406 g/mol. The van der Waals surface area contributed by atoms with E-state index in [0.717, 1.165) is 24.0 Å². The lowest BCUT2D eigenvalue weighted by molar-refractivity contribution is 0.0551. The molecule has 1 saturated heterocycles. The van der Waals surface area contributed by atoms with Crippen LogP contribution in [0.5, 0.6) is 0 Å². The van der Waals surface area contributed by atoms with Gasteiger partial charge >= 0.3 is 6.09 Å². The first-order chi connectivity index (χ1) is 15.5. The maximum absolute atomic E-state index is 13.3. The van der Waals surface area contributed by atoms with E-state index in [-0.39, 0.29) is 23.9 Å². The number of carbonyl (C=O) groups is 3. The molecule has 2 aliphatic rings. The molecular formula is C25H29N3O4. The molecule has 0 radical (unpaired) electrons. The van der Waals surface area contributed by atoms with Gasteiger partial charge in [-0.05, 0) is 68.0 Å². The fourth-order valence-electron chi connectivity index (χ4n) is 4.35. The number of benzene rings is 2. The van der Waals surface area contributed by atoms with Gasteiger partial charge in [0, 0.05) is 42.8 Å². The summed E-state index contributed by atoms with van der Waals surface area (Å²) in [5.41, 5.74) is 3.24. The Balaban J connectivity index is 1.45. The van der Waals surface area contributed by atoms with E-state index in [4.69, 9.17) is 0 Å². The zero-order valence-electron chi connectivity index (χ0n) is 18.3. The molecule has 0 unspecified atom stereocenters. The van der Waals surface area contributed by atoms with Gasteiger partial charge in [-0.25, -0.2) is 4.79 Å². The van der Waals surface area contributed by atoms with Crippen LogP contribution in [0.4, 0.5) is 4.79 Å². The average molecular weight is 436 g/mol. The normalized spacial score (nSPS) is 16.5. The molecule has 7 heteroatoms. The number of carbonyl (C=O) groups excluding carboxylic acids is 2. The number of nitrogens with one attached hydrogen (secondary N) is 1. The fraction of sp³-hybridized carbons (Fsp3) is 0.400. The first kappa shape index (κ1) is 21.9. The van der Waals surface area contributed by atoms with E-state index < -0.39 is 6.09 Å². The summed E-state index contributed by atoms with van der Waals surface area (Å²) in [5.74, 6) is -0.0613. The number of rotatable bonds is 6. The van der Waals surface area contributed by atoms with Crippen LogP contribution >= 0.6 is 0 Å². The van der Waals surface area contributed by atoms with Crippen LogP contribution in [-0.4, -0.2) is 64.5 Å². The van der Waals surface area contributed by atoms with E-state index in [9.17, 15) is 19.5 Å². The van der Waals surface area contributed by atoms with Crippen LogP contribution in [0.3, 0.4) is 0 Å². The van der Waals surface area contributed by atoms with Crippen molar-refractivity contribution in [2.75, 3.05) is 19.6 Å². The number of hydrogen-bond donors (Lipinski definition) is 2. The Hall–Kier alpha value is -3.35. The molecule has 2 aromatic carbocycles. The molecule has 1 aliphatic heterocycles. The summed E-state index contributed by atoms with van der Waals surface area (Å²) in [6, 6.07) is 15.4. The first-order valence-electron chi connectivity index (χ1n) is 11.3. The Kier molecular flexibility index (Phi) is 6.44. The number of hydrogen-bond acceptors (Lipinski definition) is 3. The van der Waals surface area contributed by atoms with E-state index in [0.29, 0.717) is 43.6 Å². The molecule has 32 heavy (non-hydrogen) atoms. The zero-order chi connectivity index (χ0) is 22.7. The number of carboxylic acid groups (broad SMARTS) is 1. The van der Waals surface area contributed by atoms with Crippen LogP contribution in [0.15, 0.2) is 48.5 Å². The highest BCUT2D eigenvalue weighted by atomic mass is 16.4. The van der Waals surface area contributed by atoms with Gasteiger partial charge in [0.25, 0.3) is 11.8 Å². The molecule has 2 fully saturated rings. The van der Waals surface area contributed by atoms with E-state index in [1.54, 1.807) is 12.1 Å². The minimum absolute atomic E-state index is 0.0272. The summed E-state index contributed by atoms with van der Waals surface area (Å²) in [4.78, 5) is 39.9. The van der Waals surface area contributed by atoms with Crippen molar-refractivity contribution >= 4 is 17.9 Å².